The van der Waals surface area contributed by atoms with Gasteiger partial charge in [-0.25, -0.2) is 0 Å². The van der Waals surface area contributed by atoms with Crippen LogP contribution in [-0.4, -0.2) is 51.5 Å². The van der Waals surface area contributed by atoms with E-state index in [9.17, 15) is 4.79 Å². The minimum atomic E-state index is -0.720. The first kappa shape index (κ1) is 19.5. The van der Waals surface area contributed by atoms with Gasteiger partial charge in [0.15, 0.2) is 11.5 Å². The molecule has 148 valence electrons. The van der Waals surface area contributed by atoms with E-state index >= 15 is 0 Å². The van der Waals surface area contributed by atoms with Crippen molar-refractivity contribution in [3.63, 3.8) is 0 Å². The van der Waals surface area contributed by atoms with Crippen LogP contribution in [0.2, 0.25) is 0 Å². The van der Waals surface area contributed by atoms with Gasteiger partial charge in [0.25, 0.3) is 5.91 Å². The number of rotatable bonds is 9. The molecule has 0 radical (unpaired) electrons. The number of ether oxygens (including phenoxy) is 1. The summed E-state index contributed by atoms with van der Waals surface area (Å²) in [6, 6.07) is 7.55. The number of hydrogen-bond acceptors (Lipinski definition) is 8. The Balaban J connectivity index is 1.84. The summed E-state index contributed by atoms with van der Waals surface area (Å²) in [4.78, 5) is 16.1. The van der Waals surface area contributed by atoms with Gasteiger partial charge in [-0.05, 0) is 25.1 Å². The number of amides is 1. The van der Waals surface area contributed by atoms with Crippen molar-refractivity contribution in [1.29, 1.82) is 0 Å². The van der Waals surface area contributed by atoms with Gasteiger partial charge in [-0.2, -0.15) is 4.98 Å². The van der Waals surface area contributed by atoms with E-state index in [2.05, 4.69) is 25.8 Å². The van der Waals surface area contributed by atoms with E-state index in [1.807, 2.05) is 49.0 Å². The largest absolute Gasteiger partial charge is 0.380 e. The van der Waals surface area contributed by atoms with Crippen molar-refractivity contribution in [2.75, 3.05) is 30.4 Å². The molecule has 6 N–H and O–H groups in total. The second kappa shape index (κ2) is 8.63. The van der Waals surface area contributed by atoms with E-state index in [1.165, 1.54) is 0 Å². The lowest BCUT2D eigenvalue weighted by molar-refractivity contribution is 0.0995. The molecule has 1 atom stereocenters. The number of hydrogen-bond donors (Lipinski definition) is 4. The third kappa shape index (κ3) is 4.35. The Morgan fingerprint density at radius 1 is 1.32 bits per heavy atom. The average Bonchev–Trinajstić information content (AvgIpc) is 3.07. The van der Waals surface area contributed by atoms with Crippen LogP contribution < -0.4 is 22.1 Å². The van der Waals surface area contributed by atoms with E-state index in [4.69, 9.17) is 16.2 Å². The highest BCUT2D eigenvalue weighted by Crippen LogP contribution is 2.27. The maximum atomic E-state index is 11.8. The van der Waals surface area contributed by atoms with Crippen molar-refractivity contribution < 1.29 is 9.53 Å². The summed E-state index contributed by atoms with van der Waals surface area (Å²) in [7, 11) is 1.96. The molecule has 0 aliphatic rings. The van der Waals surface area contributed by atoms with Gasteiger partial charge in [-0.15, -0.1) is 10.2 Å². The highest BCUT2D eigenvalue weighted by Gasteiger charge is 2.16. The van der Waals surface area contributed by atoms with E-state index in [-0.39, 0.29) is 23.5 Å². The van der Waals surface area contributed by atoms with Crippen LogP contribution in [-0.2, 0) is 11.8 Å². The third-order valence-electron chi connectivity index (χ3n) is 4.16. The van der Waals surface area contributed by atoms with Crippen molar-refractivity contribution in [1.82, 2.24) is 19.7 Å². The number of aromatic nitrogens is 4. The predicted octanol–water partition coefficient (Wildman–Crippen LogP) is 0.982. The van der Waals surface area contributed by atoms with Crippen molar-refractivity contribution in [3.05, 3.63) is 36.2 Å². The number of fused-ring (bicyclic) bond motifs is 1. The van der Waals surface area contributed by atoms with E-state index in [0.717, 1.165) is 16.6 Å². The van der Waals surface area contributed by atoms with Gasteiger partial charge in [-0.1, -0.05) is 6.07 Å². The number of nitrogens with two attached hydrogens (primary N) is 2. The first-order chi connectivity index (χ1) is 13.5. The number of nitrogens with zero attached hydrogens (tertiary/aromatic N) is 4. The Hall–Kier alpha value is -3.24. The fourth-order valence-electron chi connectivity index (χ4n) is 2.74. The molecule has 0 unspecified atom stereocenters. The van der Waals surface area contributed by atoms with Crippen LogP contribution in [0.15, 0.2) is 30.5 Å². The summed E-state index contributed by atoms with van der Waals surface area (Å²) in [6.45, 7) is 3.31. The normalized spacial score (nSPS) is 12.1. The second-order valence-corrected chi connectivity index (χ2v) is 6.29. The summed E-state index contributed by atoms with van der Waals surface area (Å²) in [5.74, 6) is -0.262. The van der Waals surface area contributed by atoms with Crippen molar-refractivity contribution >= 4 is 34.3 Å². The quantitative estimate of drug-likeness (QED) is 0.427. The maximum absolute atomic E-state index is 11.8. The Kier molecular flexibility index (Phi) is 6.02. The Bertz CT molecular complexity index is 971. The number of nitrogens with one attached hydrogen (secondary N) is 2. The molecule has 0 saturated carbocycles. The Morgan fingerprint density at radius 3 is 2.89 bits per heavy atom. The van der Waals surface area contributed by atoms with Crippen LogP contribution in [0.4, 0.5) is 17.5 Å². The Labute approximate surface area is 162 Å². The van der Waals surface area contributed by atoms with Gasteiger partial charge >= 0.3 is 0 Å². The molecule has 28 heavy (non-hydrogen) atoms. The van der Waals surface area contributed by atoms with Gasteiger partial charge in [0.05, 0.1) is 6.61 Å². The lowest BCUT2D eigenvalue weighted by Gasteiger charge is -2.14. The summed E-state index contributed by atoms with van der Waals surface area (Å²) in [5, 5.41) is 14.9. The SMILES string of the molecule is CCOC[C@H](N)CNc1nnc(C(N)=O)c(Nc2cccc3c2ccn3C)n1. The zero-order valence-electron chi connectivity index (χ0n) is 15.8. The number of carbonyl (C=O) groups is 1. The van der Waals surface area contributed by atoms with Gasteiger partial charge < -0.3 is 31.4 Å². The monoisotopic (exact) mass is 384 g/mol. The molecule has 0 saturated heterocycles. The number of primary amides is 1. The highest BCUT2D eigenvalue weighted by molar-refractivity contribution is 5.99. The Morgan fingerprint density at radius 2 is 2.14 bits per heavy atom. The zero-order valence-corrected chi connectivity index (χ0v) is 15.8. The van der Waals surface area contributed by atoms with Gasteiger partial charge in [0, 0.05) is 49.0 Å². The number of benzene rings is 1. The smallest absolute Gasteiger partial charge is 0.273 e. The molecule has 2 aromatic heterocycles. The molecule has 10 nitrogen and oxygen atoms in total. The molecule has 3 rings (SSSR count). The molecule has 2 heterocycles. The molecular weight excluding hydrogens is 360 g/mol. The molecule has 0 fully saturated rings. The van der Waals surface area contributed by atoms with Crippen LogP contribution in [0.5, 0.6) is 0 Å². The van der Waals surface area contributed by atoms with Crippen molar-refractivity contribution in [2.24, 2.45) is 18.5 Å². The topological polar surface area (TPSA) is 146 Å². The van der Waals surface area contributed by atoms with E-state index in [1.54, 1.807) is 0 Å². The lowest BCUT2D eigenvalue weighted by Crippen LogP contribution is -2.34. The number of aryl methyl sites for hydroxylation is 1. The first-order valence-electron chi connectivity index (χ1n) is 8.92. The summed E-state index contributed by atoms with van der Waals surface area (Å²) >= 11 is 0. The fraction of sp³-hybridized carbons (Fsp3) is 0.333. The predicted molar refractivity (Wildman–Crippen MR) is 108 cm³/mol. The average molecular weight is 384 g/mol. The molecular formula is C18H24N8O2. The standard InChI is InChI=1S/C18H24N8O2/c1-3-28-10-11(19)9-21-18-23-17(15(16(20)27)24-25-18)22-13-5-4-6-14-12(13)7-8-26(14)2/h4-8,11H,3,9-10,19H2,1-2H3,(H2,20,27)(H2,21,22,23,25)/t11-/m1/s1. The molecule has 3 aromatic rings. The molecule has 10 heteroatoms. The van der Waals surface area contributed by atoms with Gasteiger partial charge in [0.1, 0.15) is 0 Å². The zero-order chi connectivity index (χ0) is 20.1. The van der Waals surface area contributed by atoms with Crippen LogP contribution in [0.25, 0.3) is 10.9 Å². The summed E-state index contributed by atoms with van der Waals surface area (Å²) in [5.41, 5.74) is 13.2. The second-order valence-electron chi connectivity index (χ2n) is 6.29. The molecule has 0 bridgehead atoms. The van der Waals surface area contributed by atoms with Crippen LogP contribution >= 0.6 is 0 Å². The molecule has 0 aliphatic heterocycles. The molecule has 0 spiro atoms. The molecule has 0 aliphatic carbocycles. The molecule has 1 amide bonds. The van der Waals surface area contributed by atoms with Crippen LogP contribution in [0.3, 0.4) is 0 Å². The highest BCUT2D eigenvalue weighted by atomic mass is 16.5. The van der Waals surface area contributed by atoms with Crippen molar-refractivity contribution in [3.8, 4) is 0 Å². The molecule has 1 aromatic carbocycles. The minimum Gasteiger partial charge on any atom is -0.380 e. The number of carbonyl (C=O) groups excluding carboxylic acids is 1. The fourth-order valence-corrected chi connectivity index (χ4v) is 2.74. The van der Waals surface area contributed by atoms with E-state index < -0.39 is 5.91 Å². The van der Waals surface area contributed by atoms with Crippen molar-refractivity contribution in [2.45, 2.75) is 13.0 Å². The van der Waals surface area contributed by atoms with Crippen LogP contribution in [0.1, 0.15) is 17.4 Å². The van der Waals surface area contributed by atoms with Gasteiger partial charge in [0.2, 0.25) is 5.95 Å². The van der Waals surface area contributed by atoms with E-state index in [0.29, 0.717) is 19.8 Å². The third-order valence-corrected chi connectivity index (χ3v) is 4.16. The first-order valence-corrected chi connectivity index (χ1v) is 8.92. The maximum Gasteiger partial charge on any atom is 0.273 e. The van der Waals surface area contributed by atoms with Crippen LogP contribution in [0, 0.1) is 0 Å². The minimum absolute atomic E-state index is 0.0444. The summed E-state index contributed by atoms with van der Waals surface area (Å²) < 4.78 is 7.28. The number of anilines is 3. The summed E-state index contributed by atoms with van der Waals surface area (Å²) in [6.07, 6.45) is 1.95. The lowest BCUT2D eigenvalue weighted by atomic mass is 10.2. The van der Waals surface area contributed by atoms with Gasteiger partial charge in [-0.3, -0.25) is 4.79 Å².